The van der Waals surface area contributed by atoms with Crippen LogP contribution in [0.5, 0.6) is 0 Å². The predicted molar refractivity (Wildman–Crippen MR) is 178 cm³/mol. The number of aromatic nitrogens is 2. The van der Waals surface area contributed by atoms with Gasteiger partial charge in [0.1, 0.15) is 11.0 Å². The van der Waals surface area contributed by atoms with Crippen LogP contribution in [-0.4, -0.2) is 27.4 Å². The Morgan fingerprint density at radius 2 is 1.41 bits per heavy atom. The molecule has 0 saturated heterocycles. The summed E-state index contributed by atoms with van der Waals surface area (Å²) in [6.45, 7) is 6.39. The molecule has 0 fully saturated rings. The third-order valence-corrected chi connectivity index (χ3v) is 8.81. The molecule has 0 bridgehead atoms. The molecule has 8 nitrogen and oxygen atoms in total. The van der Waals surface area contributed by atoms with E-state index in [1.165, 1.54) is 0 Å². The van der Waals surface area contributed by atoms with Gasteiger partial charge in [0.2, 0.25) is 17.7 Å². The summed E-state index contributed by atoms with van der Waals surface area (Å²) in [6.07, 6.45) is 1.40. The van der Waals surface area contributed by atoms with Gasteiger partial charge in [-0.15, -0.1) is 0 Å². The van der Waals surface area contributed by atoms with Crippen LogP contribution in [-0.2, 0) is 4.79 Å². The average Bonchev–Trinajstić information content (AvgIpc) is 3.69. The highest BCUT2D eigenvalue weighted by Gasteiger charge is 2.39. The van der Waals surface area contributed by atoms with Crippen LogP contribution in [0.25, 0.3) is 45.1 Å². The molecule has 0 spiro atoms. The highest BCUT2D eigenvalue weighted by molar-refractivity contribution is 6.07. The van der Waals surface area contributed by atoms with Crippen molar-refractivity contribution in [1.82, 2.24) is 15.4 Å². The maximum atomic E-state index is 13.4. The first-order valence-corrected chi connectivity index (χ1v) is 15.6. The summed E-state index contributed by atoms with van der Waals surface area (Å²) in [5.74, 6) is 0.916. The van der Waals surface area contributed by atoms with E-state index in [0.717, 1.165) is 34.3 Å². The summed E-state index contributed by atoms with van der Waals surface area (Å²) in [5, 5.41) is 4.54. The number of amides is 1. The molecule has 0 radical (unpaired) electrons. The second-order valence-corrected chi connectivity index (χ2v) is 12.8. The molecule has 0 saturated carbocycles. The van der Waals surface area contributed by atoms with E-state index < -0.39 is 0 Å². The first-order valence-electron chi connectivity index (χ1n) is 15.6. The van der Waals surface area contributed by atoms with Crippen molar-refractivity contribution in [2.75, 3.05) is 0 Å². The SMILES string of the molecule is CC(CC(=O)c1ccc2nc(-c3ccccc3)oc2c1)CC(C)(C)C1CC(=O)NN=C1c1ccc2nc(-c3ccccc3)oc2c1. The van der Waals surface area contributed by atoms with Crippen LogP contribution in [0.1, 0.15) is 56.0 Å². The van der Waals surface area contributed by atoms with Crippen LogP contribution >= 0.6 is 0 Å². The molecule has 2 unspecified atom stereocenters. The number of nitrogens with zero attached hydrogens (tertiary/aromatic N) is 3. The largest absolute Gasteiger partial charge is 0.436 e. The van der Waals surface area contributed by atoms with Gasteiger partial charge in [0.15, 0.2) is 16.9 Å². The molecular formula is C38H34N4O4. The Morgan fingerprint density at radius 3 is 2.04 bits per heavy atom. The lowest BCUT2D eigenvalue weighted by Crippen LogP contribution is -2.41. The lowest BCUT2D eigenvalue weighted by atomic mass is 9.67. The molecule has 2 atom stereocenters. The number of nitrogens with one attached hydrogen (secondary N) is 1. The van der Waals surface area contributed by atoms with E-state index in [0.29, 0.717) is 46.9 Å². The van der Waals surface area contributed by atoms with Gasteiger partial charge in [-0.1, -0.05) is 63.2 Å². The summed E-state index contributed by atoms with van der Waals surface area (Å²) in [6, 6.07) is 30.8. The first-order chi connectivity index (χ1) is 22.2. The zero-order valence-corrected chi connectivity index (χ0v) is 26.0. The van der Waals surface area contributed by atoms with Crippen LogP contribution in [0.3, 0.4) is 0 Å². The van der Waals surface area contributed by atoms with Gasteiger partial charge in [-0.05, 0) is 72.4 Å². The molecular weight excluding hydrogens is 576 g/mol. The standard InChI is InChI=1S/C38H34N4O4/c1-23(18-31(43)26-14-16-29-32(19-26)45-36(39-29)24-10-6-4-7-11-24)22-38(2,3)28-21-34(44)41-42-35(28)27-15-17-30-33(20-27)46-37(40-30)25-12-8-5-9-13-25/h4-17,19-20,23,28H,18,21-22H2,1-3H3,(H,41,44). The fourth-order valence-corrected chi connectivity index (χ4v) is 6.58. The summed E-state index contributed by atoms with van der Waals surface area (Å²) in [4.78, 5) is 35.3. The molecule has 8 heteroatoms. The number of carbonyl (C=O) groups is 2. The third-order valence-electron chi connectivity index (χ3n) is 8.81. The van der Waals surface area contributed by atoms with Gasteiger partial charge < -0.3 is 8.83 Å². The number of ketones is 1. The second-order valence-electron chi connectivity index (χ2n) is 12.8. The molecule has 3 heterocycles. The van der Waals surface area contributed by atoms with E-state index in [-0.39, 0.29) is 28.9 Å². The van der Waals surface area contributed by atoms with Crippen molar-refractivity contribution in [2.45, 2.75) is 40.0 Å². The minimum atomic E-state index is -0.332. The smallest absolute Gasteiger partial charge is 0.240 e. The number of benzene rings is 4. The van der Waals surface area contributed by atoms with E-state index in [4.69, 9.17) is 8.83 Å². The highest BCUT2D eigenvalue weighted by Crippen LogP contribution is 2.41. The molecule has 1 aliphatic rings. The number of rotatable bonds is 9. The number of hydrogen-bond acceptors (Lipinski definition) is 7. The number of fused-ring (bicyclic) bond motifs is 2. The lowest BCUT2D eigenvalue weighted by molar-refractivity contribution is -0.122. The number of hydrogen-bond donors (Lipinski definition) is 1. The number of oxazole rings is 2. The molecule has 1 amide bonds. The summed E-state index contributed by atoms with van der Waals surface area (Å²) >= 11 is 0. The third kappa shape index (κ3) is 5.86. The molecule has 230 valence electrons. The van der Waals surface area contributed by atoms with Gasteiger partial charge in [-0.3, -0.25) is 9.59 Å². The molecule has 1 N–H and O–H groups in total. The molecule has 7 rings (SSSR count). The Labute approximate surface area is 266 Å². The monoisotopic (exact) mass is 610 g/mol. The average molecular weight is 611 g/mol. The highest BCUT2D eigenvalue weighted by atomic mass is 16.4. The Bertz CT molecular complexity index is 2090. The maximum absolute atomic E-state index is 13.4. The molecule has 1 aliphatic heterocycles. The minimum absolute atomic E-state index is 0.0446. The van der Waals surface area contributed by atoms with Crippen LogP contribution in [0, 0.1) is 17.3 Å². The quantitative estimate of drug-likeness (QED) is 0.164. The maximum Gasteiger partial charge on any atom is 0.240 e. The fourth-order valence-electron chi connectivity index (χ4n) is 6.58. The Kier molecular flexibility index (Phi) is 7.56. The van der Waals surface area contributed by atoms with Crippen LogP contribution in [0.2, 0.25) is 0 Å². The summed E-state index contributed by atoms with van der Waals surface area (Å²) in [5.41, 5.74) is 9.13. The summed E-state index contributed by atoms with van der Waals surface area (Å²) in [7, 11) is 0. The number of hydrazone groups is 1. The van der Waals surface area contributed by atoms with E-state index in [1.807, 2.05) is 91.0 Å². The van der Waals surface area contributed by atoms with E-state index in [1.54, 1.807) is 6.07 Å². The zero-order valence-electron chi connectivity index (χ0n) is 26.0. The van der Waals surface area contributed by atoms with Crippen molar-refractivity contribution < 1.29 is 18.4 Å². The van der Waals surface area contributed by atoms with Gasteiger partial charge in [-0.2, -0.15) is 5.10 Å². The van der Waals surface area contributed by atoms with Gasteiger partial charge in [-0.25, -0.2) is 15.4 Å². The van der Waals surface area contributed by atoms with Crippen molar-refractivity contribution in [2.24, 2.45) is 22.4 Å². The normalized spacial score (nSPS) is 15.9. The van der Waals surface area contributed by atoms with Crippen molar-refractivity contribution in [3.05, 3.63) is 108 Å². The first kappa shape index (κ1) is 29.3. The molecule has 46 heavy (non-hydrogen) atoms. The van der Waals surface area contributed by atoms with Gasteiger partial charge >= 0.3 is 0 Å². The van der Waals surface area contributed by atoms with E-state index in [2.05, 4.69) is 41.3 Å². The van der Waals surface area contributed by atoms with Gasteiger partial charge in [0, 0.05) is 41.0 Å². The van der Waals surface area contributed by atoms with Gasteiger partial charge in [0.05, 0.1) is 5.71 Å². The van der Waals surface area contributed by atoms with Crippen molar-refractivity contribution in [3.63, 3.8) is 0 Å². The summed E-state index contributed by atoms with van der Waals surface area (Å²) < 4.78 is 12.1. The van der Waals surface area contributed by atoms with Crippen molar-refractivity contribution in [1.29, 1.82) is 0 Å². The fraction of sp³-hybridized carbons (Fsp3) is 0.237. The van der Waals surface area contributed by atoms with Crippen LogP contribution < -0.4 is 5.43 Å². The van der Waals surface area contributed by atoms with E-state index >= 15 is 0 Å². The topological polar surface area (TPSA) is 111 Å². The molecule has 4 aromatic carbocycles. The second kappa shape index (κ2) is 11.9. The van der Waals surface area contributed by atoms with Crippen molar-refractivity contribution in [3.8, 4) is 22.9 Å². The van der Waals surface area contributed by atoms with Gasteiger partial charge in [0.25, 0.3) is 0 Å². The lowest BCUT2D eigenvalue weighted by Gasteiger charge is -2.38. The molecule has 6 aromatic rings. The molecule has 2 aromatic heterocycles. The van der Waals surface area contributed by atoms with E-state index in [9.17, 15) is 9.59 Å². The Balaban J connectivity index is 1.08. The number of carbonyl (C=O) groups excluding carboxylic acids is 2. The Hall–Kier alpha value is -5.37. The molecule has 0 aliphatic carbocycles. The van der Waals surface area contributed by atoms with Crippen LogP contribution in [0.15, 0.2) is 111 Å². The number of Topliss-reactive ketones (excluding diaryl/α,β-unsaturated/α-hetero) is 1. The Morgan fingerprint density at radius 1 is 0.826 bits per heavy atom. The zero-order chi connectivity index (χ0) is 31.8. The van der Waals surface area contributed by atoms with Crippen molar-refractivity contribution >= 4 is 39.6 Å². The predicted octanol–water partition coefficient (Wildman–Crippen LogP) is 8.47. The minimum Gasteiger partial charge on any atom is -0.436 e. The van der Waals surface area contributed by atoms with Crippen LogP contribution in [0.4, 0.5) is 0 Å².